The molecule has 0 unspecified atom stereocenters. The average molecular weight is 142 g/mol. The zero-order valence-electron chi connectivity index (χ0n) is 6.69. The van der Waals surface area contributed by atoms with Crippen LogP contribution in [0, 0.1) is 0 Å². The predicted molar refractivity (Wildman–Crippen MR) is 41.2 cm³/mol. The maximum atomic E-state index is 10.5. The van der Waals surface area contributed by atoms with E-state index in [9.17, 15) is 4.79 Å². The van der Waals surface area contributed by atoms with Crippen molar-refractivity contribution in [1.29, 1.82) is 0 Å². The summed E-state index contributed by atoms with van der Waals surface area (Å²) in [4.78, 5) is 10.5. The van der Waals surface area contributed by atoms with Crippen LogP contribution in [0.5, 0.6) is 0 Å². The molecule has 0 aliphatic rings. The van der Waals surface area contributed by atoms with Crippen molar-refractivity contribution in [3.63, 3.8) is 0 Å². The van der Waals surface area contributed by atoms with E-state index < -0.39 is 0 Å². The number of allylic oxidation sites excluding steroid dienone is 1. The van der Waals surface area contributed by atoms with E-state index in [1.54, 1.807) is 6.92 Å². The fourth-order valence-corrected chi connectivity index (χ4v) is 0.583. The minimum absolute atomic E-state index is 0.363. The van der Waals surface area contributed by atoms with Crippen LogP contribution >= 0.6 is 0 Å². The highest BCUT2D eigenvalue weighted by molar-refractivity contribution is 5.91. The van der Waals surface area contributed by atoms with Crippen LogP contribution < -0.4 is 11.1 Å². The lowest BCUT2D eigenvalue weighted by Gasteiger charge is -2.04. The fraction of sp³-hybridized carbons (Fsp3) is 0.571. The lowest BCUT2D eigenvalue weighted by Crippen LogP contribution is -2.19. The van der Waals surface area contributed by atoms with E-state index >= 15 is 0 Å². The van der Waals surface area contributed by atoms with Crippen molar-refractivity contribution in [3.05, 3.63) is 11.3 Å². The zero-order valence-corrected chi connectivity index (χ0v) is 6.69. The lowest BCUT2D eigenvalue weighted by atomic mass is 10.2. The molecular weight excluding hydrogens is 128 g/mol. The van der Waals surface area contributed by atoms with Gasteiger partial charge in [0.05, 0.1) is 0 Å². The summed E-state index contributed by atoms with van der Waals surface area (Å²) in [6, 6.07) is 0. The van der Waals surface area contributed by atoms with Gasteiger partial charge in [0.15, 0.2) is 0 Å². The second-order valence-corrected chi connectivity index (χ2v) is 2.14. The van der Waals surface area contributed by atoms with Crippen LogP contribution in [-0.4, -0.2) is 12.5 Å². The van der Waals surface area contributed by atoms with Gasteiger partial charge in [-0.05, 0) is 20.8 Å². The van der Waals surface area contributed by atoms with Gasteiger partial charge in [0.25, 0.3) is 0 Å². The summed E-state index contributed by atoms with van der Waals surface area (Å²) >= 11 is 0. The molecule has 0 radical (unpaired) electrons. The molecule has 0 atom stereocenters. The van der Waals surface area contributed by atoms with Gasteiger partial charge >= 0.3 is 0 Å². The topological polar surface area (TPSA) is 55.1 Å². The maximum absolute atomic E-state index is 10.5. The Morgan fingerprint density at radius 2 is 2.00 bits per heavy atom. The van der Waals surface area contributed by atoms with E-state index in [-0.39, 0.29) is 5.91 Å². The third kappa shape index (κ3) is 2.53. The Kier molecular flexibility index (Phi) is 3.54. The zero-order chi connectivity index (χ0) is 8.15. The molecule has 0 aromatic rings. The van der Waals surface area contributed by atoms with Gasteiger partial charge in [0.1, 0.15) is 0 Å². The summed E-state index contributed by atoms with van der Waals surface area (Å²) in [6.45, 7) is 6.33. The highest BCUT2D eigenvalue weighted by Crippen LogP contribution is 1.96. The van der Waals surface area contributed by atoms with E-state index in [1.807, 2.05) is 13.8 Å². The molecular formula is C7H14N2O. The molecule has 0 aromatic carbocycles. The summed E-state index contributed by atoms with van der Waals surface area (Å²) in [5.41, 5.74) is 6.49. The van der Waals surface area contributed by atoms with Crippen LogP contribution in [0.2, 0.25) is 0 Å². The monoisotopic (exact) mass is 142 g/mol. The van der Waals surface area contributed by atoms with Crippen molar-refractivity contribution in [2.75, 3.05) is 6.54 Å². The fourth-order valence-electron chi connectivity index (χ4n) is 0.583. The van der Waals surface area contributed by atoms with Crippen LogP contribution in [0.25, 0.3) is 0 Å². The molecule has 10 heavy (non-hydrogen) atoms. The van der Waals surface area contributed by atoms with E-state index in [4.69, 9.17) is 5.73 Å². The number of nitrogens with two attached hydrogens (primary N) is 1. The summed E-state index contributed by atoms with van der Waals surface area (Å²) in [5.74, 6) is -0.363. The molecule has 58 valence electrons. The molecule has 0 heterocycles. The standard InChI is InChI=1S/C7H14N2O/c1-4-9-6(3)5(2)7(8)10/h9H,4H2,1-3H3,(H2,8,10). The van der Waals surface area contributed by atoms with Crippen molar-refractivity contribution < 1.29 is 4.79 Å². The predicted octanol–water partition coefficient (Wildman–Crippen LogP) is 0.375. The molecule has 0 saturated carbocycles. The third-order valence-electron chi connectivity index (χ3n) is 1.37. The summed E-state index contributed by atoms with van der Waals surface area (Å²) in [6.07, 6.45) is 0. The Bertz CT molecular complexity index is 161. The number of amides is 1. The minimum atomic E-state index is -0.363. The quantitative estimate of drug-likeness (QED) is 0.559. The first-order valence-electron chi connectivity index (χ1n) is 3.30. The highest BCUT2D eigenvalue weighted by atomic mass is 16.1. The second-order valence-electron chi connectivity index (χ2n) is 2.14. The third-order valence-corrected chi connectivity index (χ3v) is 1.37. The van der Waals surface area contributed by atoms with E-state index in [0.717, 1.165) is 12.2 Å². The molecule has 0 fully saturated rings. The molecule has 3 heteroatoms. The van der Waals surface area contributed by atoms with Crippen LogP contribution in [0.4, 0.5) is 0 Å². The summed E-state index contributed by atoms with van der Waals surface area (Å²) in [5, 5.41) is 3.01. The van der Waals surface area contributed by atoms with Crippen molar-refractivity contribution in [3.8, 4) is 0 Å². The van der Waals surface area contributed by atoms with Gasteiger partial charge in [0.2, 0.25) is 5.91 Å². The van der Waals surface area contributed by atoms with Crippen LogP contribution in [0.1, 0.15) is 20.8 Å². The number of carbonyl (C=O) groups excluding carboxylic acids is 1. The molecule has 0 aliphatic carbocycles. The van der Waals surface area contributed by atoms with Crippen LogP contribution in [0.3, 0.4) is 0 Å². The minimum Gasteiger partial charge on any atom is -0.388 e. The molecule has 0 saturated heterocycles. The smallest absolute Gasteiger partial charge is 0.246 e. The van der Waals surface area contributed by atoms with Gasteiger partial charge in [-0.1, -0.05) is 0 Å². The number of hydrogen-bond acceptors (Lipinski definition) is 2. The van der Waals surface area contributed by atoms with Crippen LogP contribution in [-0.2, 0) is 4.79 Å². The summed E-state index contributed by atoms with van der Waals surface area (Å²) in [7, 11) is 0. The van der Waals surface area contributed by atoms with E-state index in [1.165, 1.54) is 0 Å². The normalized spacial score (nSPS) is 12.3. The number of nitrogens with one attached hydrogen (secondary N) is 1. The molecule has 0 aliphatic heterocycles. The number of rotatable bonds is 3. The van der Waals surface area contributed by atoms with Crippen molar-refractivity contribution in [2.45, 2.75) is 20.8 Å². The van der Waals surface area contributed by atoms with Crippen LogP contribution in [0.15, 0.2) is 11.3 Å². The largest absolute Gasteiger partial charge is 0.388 e. The average Bonchev–Trinajstić information content (AvgIpc) is 1.87. The Morgan fingerprint density at radius 1 is 1.50 bits per heavy atom. The second kappa shape index (κ2) is 3.93. The van der Waals surface area contributed by atoms with Gasteiger partial charge in [-0.25, -0.2) is 0 Å². The van der Waals surface area contributed by atoms with E-state index in [0.29, 0.717) is 5.57 Å². The highest BCUT2D eigenvalue weighted by Gasteiger charge is 2.00. The molecule has 3 nitrogen and oxygen atoms in total. The Labute approximate surface area is 61.3 Å². The summed E-state index contributed by atoms with van der Waals surface area (Å²) < 4.78 is 0. The molecule has 0 spiro atoms. The first-order valence-corrected chi connectivity index (χ1v) is 3.30. The molecule has 0 rings (SSSR count). The number of primary amides is 1. The Morgan fingerprint density at radius 3 is 2.30 bits per heavy atom. The van der Waals surface area contributed by atoms with Gasteiger partial charge in [-0.3, -0.25) is 4.79 Å². The maximum Gasteiger partial charge on any atom is 0.246 e. The van der Waals surface area contributed by atoms with Gasteiger partial charge in [-0.15, -0.1) is 0 Å². The Hall–Kier alpha value is -0.990. The molecule has 0 aromatic heterocycles. The first-order chi connectivity index (χ1) is 4.59. The van der Waals surface area contributed by atoms with E-state index in [2.05, 4.69) is 5.32 Å². The molecule has 1 amide bonds. The number of hydrogen-bond donors (Lipinski definition) is 2. The van der Waals surface area contributed by atoms with Gasteiger partial charge < -0.3 is 11.1 Å². The van der Waals surface area contributed by atoms with Gasteiger partial charge in [-0.2, -0.15) is 0 Å². The SMILES string of the molecule is CCNC(C)=C(C)C(N)=O. The first kappa shape index (κ1) is 9.01. The van der Waals surface area contributed by atoms with Crippen molar-refractivity contribution in [2.24, 2.45) is 5.73 Å². The van der Waals surface area contributed by atoms with Crippen molar-refractivity contribution >= 4 is 5.91 Å². The molecule has 3 N–H and O–H groups in total. The molecule has 0 bridgehead atoms. The lowest BCUT2D eigenvalue weighted by molar-refractivity contribution is -0.114. The number of carbonyl (C=O) groups is 1. The van der Waals surface area contributed by atoms with Crippen molar-refractivity contribution in [1.82, 2.24) is 5.32 Å². The van der Waals surface area contributed by atoms with Gasteiger partial charge in [0, 0.05) is 17.8 Å². The Balaban J connectivity index is 4.19.